The highest BCUT2D eigenvalue weighted by Gasteiger charge is 2.16. The van der Waals surface area contributed by atoms with E-state index in [2.05, 4.69) is 0 Å². The molecule has 2 aromatic heterocycles. The highest BCUT2D eigenvalue weighted by atomic mass is 16.5. The molecular weight excluding hydrogens is 318 g/mol. The molecule has 0 radical (unpaired) electrons. The van der Waals surface area contributed by atoms with Crippen molar-refractivity contribution in [3.05, 3.63) is 63.8 Å². The Morgan fingerprint density at radius 2 is 1.88 bits per heavy atom. The lowest BCUT2D eigenvalue weighted by Crippen LogP contribution is -2.14. The van der Waals surface area contributed by atoms with Gasteiger partial charge >= 0.3 is 5.63 Å². The number of hydrogen-bond acceptors (Lipinski definition) is 4. The van der Waals surface area contributed by atoms with Crippen LogP contribution in [-0.2, 0) is 17.8 Å². The zero-order valence-corrected chi connectivity index (χ0v) is 14.7. The fourth-order valence-corrected chi connectivity index (χ4v) is 2.96. The van der Waals surface area contributed by atoms with Crippen LogP contribution in [0.5, 0.6) is 5.75 Å². The van der Waals surface area contributed by atoms with E-state index in [1.54, 1.807) is 0 Å². The first-order valence-corrected chi connectivity index (χ1v) is 8.26. The first-order valence-electron chi connectivity index (χ1n) is 8.26. The maximum absolute atomic E-state index is 12.3. The van der Waals surface area contributed by atoms with Crippen LogP contribution in [0.25, 0.3) is 11.0 Å². The molecule has 0 amide bonds. The first kappa shape index (κ1) is 17.0. The summed E-state index contributed by atoms with van der Waals surface area (Å²) >= 11 is 0. The van der Waals surface area contributed by atoms with Crippen molar-refractivity contribution in [2.75, 3.05) is 6.61 Å². The number of aromatic nitrogens is 1. The standard InChI is InChI=1S/C20H21NO4/c1-13(22)12-17-14(2)16-6-7-18(15(3)19(16)25-20(17)23)24-11-10-21-8-4-5-9-21/h4-9H,10-12H2,1-3H3. The van der Waals surface area contributed by atoms with Crippen LogP contribution in [0, 0.1) is 13.8 Å². The van der Waals surface area contributed by atoms with Crippen LogP contribution in [0.15, 0.2) is 45.9 Å². The number of ether oxygens (including phenoxy) is 1. The molecule has 5 nitrogen and oxygen atoms in total. The zero-order valence-electron chi connectivity index (χ0n) is 14.7. The number of rotatable bonds is 6. The lowest BCUT2D eigenvalue weighted by atomic mass is 10.0. The van der Waals surface area contributed by atoms with E-state index in [9.17, 15) is 9.59 Å². The monoisotopic (exact) mass is 339 g/mol. The second-order valence-electron chi connectivity index (χ2n) is 6.21. The number of nitrogens with zero attached hydrogens (tertiary/aromatic N) is 1. The minimum absolute atomic E-state index is 0.0589. The molecule has 0 fully saturated rings. The highest BCUT2D eigenvalue weighted by Crippen LogP contribution is 2.29. The molecule has 0 N–H and O–H groups in total. The molecule has 0 bridgehead atoms. The molecule has 130 valence electrons. The van der Waals surface area contributed by atoms with Gasteiger partial charge in [0.05, 0.1) is 6.54 Å². The molecule has 3 rings (SSSR count). The van der Waals surface area contributed by atoms with Crippen molar-refractivity contribution in [3.8, 4) is 5.75 Å². The summed E-state index contributed by atoms with van der Waals surface area (Å²) in [5.41, 5.74) is 2.09. The Labute approximate surface area is 145 Å². The van der Waals surface area contributed by atoms with Gasteiger partial charge in [0.1, 0.15) is 23.7 Å². The lowest BCUT2D eigenvalue weighted by molar-refractivity contribution is -0.116. The Balaban J connectivity index is 1.91. The summed E-state index contributed by atoms with van der Waals surface area (Å²) in [4.78, 5) is 23.6. The minimum Gasteiger partial charge on any atom is -0.491 e. The average molecular weight is 339 g/mol. The molecular formula is C20H21NO4. The van der Waals surface area contributed by atoms with Crippen LogP contribution in [0.2, 0.25) is 0 Å². The van der Waals surface area contributed by atoms with E-state index in [1.807, 2.05) is 55.1 Å². The first-order chi connectivity index (χ1) is 12.0. The maximum atomic E-state index is 12.3. The van der Waals surface area contributed by atoms with Crippen molar-refractivity contribution >= 4 is 16.8 Å². The van der Waals surface area contributed by atoms with Gasteiger partial charge in [-0.25, -0.2) is 4.79 Å². The third-order valence-electron chi connectivity index (χ3n) is 4.35. The number of carbonyl (C=O) groups is 1. The van der Waals surface area contributed by atoms with Gasteiger partial charge in [-0.2, -0.15) is 0 Å². The van der Waals surface area contributed by atoms with Crippen molar-refractivity contribution in [1.82, 2.24) is 4.57 Å². The van der Waals surface area contributed by atoms with Crippen molar-refractivity contribution in [2.45, 2.75) is 33.7 Å². The molecule has 25 heavy (non-hydrogen) atoms. The van der Waals surface area contributed by atoms with Crippen LogP contribution in [-0.4, -0.2) is 17.0 Å². The molecule has 0 aliphatic rings. The third-order valence-corrected chi connectivity index (χ3v) is 4.35. The van der Waals surface area contributed by atoms with Gasteiger partial charge in [-0.1, -0.05) is 0 Å². The number of fused-ring (bicyclic) bond motifs is 1. The van der Waals surface area contributed by atoms with E-state index >= 15 is 0 Å². The van der Waals surface area contributed by atoms with Crippen LogP contribution >= 0.6 is 0 Å². The number of ketones is 1. The highest BCUT2D eigenvalue weighted by molar-refractivity contribution is 5.87. The number of hydrogen-bond donors (Lipinski definition) is 0. The van der Waals surface area contributed by atoms with Crippen LogP contribution in [0.4, 0.5) is 0 Å². The fraction of sp³-hybridized carbons (Fsp3) is 0.300. The number of aryl methyl sites for hydroxylation is 2. The molecule has 3 aromatic rings. The Morgan fingerprint density at radius 1 is 1.16 bits per heavy atom. The van der Waals surface area contributed by atoms with Crippen molar-refractivity contribution in [1.29, 1.82) is 0 Å². The van der Waals surface area contributed by atoms with Gasteiger partial charge in [0.2, 0.25) is 0 Å². The van der Waals surface area contributed by atoms with Gasteiger partial charge in [0.25, 0.3) is 0 Å². The Bertz CT molecular complexity index is 968. The van der Waals surface area contributed by atoms with E-state index < -0.39 is 5.63 Å². The predicted molar refractivity (Wildman–Crippen MR) is 96.3 cm³/mol. The van der Waals surface area contributed by atoms with Crippen LogP contribution in [0.1, 0.15) is 23.6 Å². The van der Waals surface area contributed by atoms with Crippen molar-refractivity contribution in [2.24, 2.45) is 0 Å². The number of Topliss-reactive ketones (excluding diaryl/α,β-unsaturated/α-hetero) is 1. The second kappa shape index (κ2) is 6.97. The van der Waals surface area contributed by atoms with Crippen LogP contribution in [0.3, 0.4) is 0 Å². The normalized spacial score (nSPS) is 11.0. The van der Waals surface area contributed by atoms with Gasteiger partial charge in [0.15, 0.2) is 0 Å². The quantitative estimate of drug-likeness (QED) is 0.646. The largest absolute Gasteiger partial charge is 0.491 e. The minimum atomic E-state index is -0.451. The van der Waals surface area contributed by atoms with Gasteiger partial charge in [-0.15, -0.1) is 0 Å². The molecule has 0 unspecified atom stereocenters. The predicted octanol–water partition coefficient (Wildman–Crippen LogP) is 3.42. The molecule has 0 atom stereocenters. The Hall–Kier alpha value is -2.82. The average Bonchev–Trinajstić information content (AvgIpc) is 3.07. The molecule has 0 saturated carbocycles. The summed E-state index contributed by atoms with van der Waals surface area (Å²) in [5.74, 6) is 0.637. The summed E-state index contributed by atoms with van der Waals surface area (Å²) in [6, 6.07) is 7.71. The zero-order chi connectivity index (χ0) is 18.0. The molecule has 0 spiro atoms. The van der Waals surface area contributed by atoms with Crippen LogP contribution < -0.4 is 10.4 Å². The summed E-state index contributed by atoms with van der Waals surface area (Å²) in [5, 5.41) is 0.839. The summed E-state index contributed by atoms with van der Waals surface area (Å²) in [6.07, 6.45) is 4.06. The Kier molecular flexibility index (Phi) is 4.74. The summed E-state index contributed by atoms with van der Waals surface area (Å²) < 4.78 is 13.4. The molecule has 0 saturated heterocycles. The molecule has 0 aliphatic carbocycles. The fourth-order valence-electron chi connectivity index (χ4n) is 2.96. The van der Waals surface area contributed by atoms with E-state index in [4.69, 9.17) is 9.15 Å². The smallest absolute Gasteiger partial charge is 0.340 e. The van der Waals surface area contributed by atoms with E-state index in [0.29, 0.717) is 23.5 Å². The van der Waals surface area contributed by atoms with Gasteiger partial charge < -0.3 is 13.7 Å². The molecule has 2 heterocycles. The Morgan fingerprint density at radius 3 is 2.56 bits per heavy atom. The third kappa shape index (κ3) is 3.50. The topological polar surface area (TPSA) is 61.4 Å². The summed E-state index contributed by atoms with van der Waals surface area (Å²) in [6.45, 7) is 6.46. The van der Waals surface area contributed by atoms with Gasteiger partial charge in [-0.3, -0.25) is 4.79 Å². The lowest BCUT2D eigenvalue weighted by Gasteiger charge is -2.13. The van der Waals surface area contributed by atoms with E-state index in [-0.39, 0.29) is 12.2 Å². The van der Waals surface area contributed by atoms with E-state index in [0.717, 1.165) is 23.1 Å². The second-order valence-corrected chi connectivity index (χ2v) is 6.21. The molecule has 5 heteroatoms. The molecule has 0 aliphatic heterocycles. The molecule has 1 aromatic carbocycles. The van der Waals surface area contributed by atoms with Gasteiger partial charge in [0, 0.05) is 35.3 Å². The maximum Gasteiger partial charge on any atom is 0.340 e. The van der Waals surface area contributed by atoms with Gasteiger partial charge in [-0.05, 0) is 50.6 Å². The van der Waals surface area contributed by atoms with E-state index in [1.165, 1.54) is 6.92 Å². The number of carbonyl (C=O) groups excluding carboxylic acids is 1. The summed E-state index contributed by atoms with van der Waals surface area (Å²) in [7, 11) is 0. The SMILES string of the molecule is CC(=O)Cc1c(C)c2ccc(OCCn3cccc3)c(C)c2oc1=O. The van der Waals surface area contributed by atoms with Crippen molar-refractivity contribution in [3.63, 3.8) is 0 Å². The van der Waals surface area contributed by atoms with Crippen molar-refractivity contribution < 1.29 is 13.9 Å². The number of benzene rings is 1.